The number of benzene rings is 3. The molecule has 0 bridgehead atoms. The minimum absolute atomic E-state index is 0.146. The number of ether oxygens (including phenoxy) is 2. The summed E-state index contributed by atoms with van der Waals surface area (Å²) in [4.78, 5) is 0. The third-order valence-electron chi connectivity index (χ3n) is 4.92. The molecule has 0 heterocycles. The molecule has 31 heavy (non-hydrogen) atoms. The van der Waals surface area contributed by atoms with Gasteiger partial charge in [0.05, 0.1) is 12.5 Å². The van der Waals surface area contributed by atoms with Gasteiger partial charge in [-0.2, -0.15) is 13.2 Å². The Morgan fingerprint density at radius 2 is 1.55 bits per heavy atom. The van der Waals surface area contributed by atoms with Crippen molar-refractivity contribution in [3.8, 4) is 17.2 Å². The van der Waals surface area contributed by atoms with Crippen LogP contribution >= 0.6 is 0 Å². The quantitative estimate of drug-likeness (QED) is 0.363. The first kappa shape index (κ1) is 22.5. The molecular weight excluding hydrogens is 401 g/mol. The summed E-state index contributed by atoms with van der Waals surface area (Å²) in [6.45, 7) is 4.12. The molecule has 0 saturated heterocycles. The minimum Gasteiger partial charge on any atom is -0.494 e. The Bertz CT molecular complexity index is 993. The van der Waals surface area contributed by atoms with E-state index in [9.17, 15) is 13.2 Å². The van der Waals surface area contributed by atoms with Crippen LogP contribution in [-0.4, -0.2) is 12.8 Å². The Hall–Kier alpha value is -3.21. The lowest BCUT2D eigenvalue weighted by molar-refractivity contribution is -0.149. The first-order valence-electron chi connectivity index (χ1n) is 10.2. The summed E-state index contributed by atoms with van der Waals surface area (Å²) in [7, 11) is 0. The average molecular weight is 426 g/mol. The van der Waals surface area contributed by atoms with E-state index < -0.39 is 12.1 Å². The number of rotatable bonds is 8. The monoisotopic (exact) mass is 426 g/mol. The maximum absolute atomic E-state index is 13.7. The molecule has 0 aromatic heterocycles. The first-order valence-corrected chi connectivity index (χ1v) is 10.2. The highest BCUT2D eigenvalue weighted by atomic mass is 19.4. The molecule has 162 valence electrons. The van der Waals surface area contributed by atoms with Crippen LogP contribution in [0.25, 0.3) is 5.57 Å². The number of hydrogen-bond donors (Lipinski definition) is 0. The number of allylic oxidation sites excluding steroid dienone is 2. The van der Waals surface area contributed by atoms with Crippen LogP contribution in [0.4, 0.5) is 13.2 Å². The lowest BCUT2D eigenvalue weighted by Crippen LogP contribution is -2.20. The van der Waals surface area contributed by atoms with Gasteiger partial charge in [0.15, 0.2) is 0 Å². The van der Waals surface area contributed by atoms with Gasteiger partial charge in [0.1, 0.15) is 17.2 Å². The first-order chi connectivity index (χ1) is 14.9. The molecule has 0 N–H and O–H groups in total. The Balaban J connectivity index is 1.77. The fourth-order valence-corrected chi connectivity index (χ4v) is 3.26. The molecule has 3 aromatic rings. The smallest absolute Gasteiger partial charge is 0.396 e. The highest BCUT2D eigenvalue weighted by molar-refractivity contribution is 5.65. The molecular formula is C26H25F3O2. The zero-order valence-electron chi connectivity index (χ0n) is 17.5. The summed E-state index contributed by atoms with van der Waals surface area (Å²) in [5, 5.41) is 0. The van der Waals surface area contributed by atoms with E-state index >= 15 is 0 Å². The van der Waals surface area contributed by atoms with Crippen molar-refractivity contribution in [2.24, 2.45) is 0 Å². The van der Waals surface area contributed by atoms with Crippen molar-refractivity contribution in [3.63, 3.8) is 0 Å². The number of para-hydroxylation sites is 1. The second kappa shape index (κ2) is 10.2. The van der Waals surface area contributed by atoms with E-state index in [4.69, 9.17) is 9.47 Å². The normalized spacial score (nSPS) is 13.0. The second-order valence-corrected chi connectivity index (χ2v) is 7.16. The molecule has 0 spiro atoms. The van der Waals surface area contributed by atoms with Crippen molar-refractivity contribution in [2.45, 2.75) is 32.4 Å². The Kier molecular flexibility index (Phi) is 7.40. The lowest BCUT2D eigenvalue weighted by atomic mass is 9.93. The Labute approximate surface area is 180 Å². The van der Waals surface area contributed by atoms with Crippen LogP contribution in [0.3, 0.4) is 0 Å². The Morgan fingerprint density at radius 1 is 0.871 bits per heavy atom. The molecule has 3 rings (SSSR count). The summed E-state index contributed by atoms with van der Waals surface area (Å²) in [5.41, 5.74) is 1.81. The summed E-state index contributed by atoms with van der Waals surface area (Å²) in [6, 6.07) is 22.8. The van der Waals surface area contributed by atoms with Crippen molar-refractivity contribution < 1.29 is 22.6 Å². The summed E-state index contributed by atoms with van der Waals surface area (Å²) in [5.74, 6) is 0.320. The highest BCUT2D eigenvalue weighted by Crippen LogP contribution is 2.39. The van der Waals surface area contributed by atoms with Crippen molar-refractivity contribution in [2.75, 3.05) is 6.61 Å². The molecule has 5 heteroatoms. The van der Waals surface area contributed by atoms with Gasteiger partial charge in [0, 0.05) is 0 Å². The van der Waals surface area contributed by atoms with Crippen LogP contribution in [0.2, 0.25) is 0 Å². The molecule has 0 amide bonds. The zero-order chi connectivity index (χ0) is 22.3. The van der Waals surface area contributed by atoms with E-state index in [0.29, 0.717) is 23.9 Å². The largest absolute Gasteiger partial charge is 0.494 e. The van der Waals surface area contributed by atoms with Crippen LogP contribution in [0.15, 0.2) is 84.9 Å². The third-order valence-corrected chi connectivity index (χ3v) is 4.92. The van der Waals surface area contributed by atoms with Gasteiger partial charge in [-0.05, 0) is 73.4 Å². The average Bonchev–Trinajstić information content (AvgIpc) is 2.75. The number of halogens is 3. The fraction of sp³-hybridized carbons (Fsp3) is 0.231. The van der Waals surface area contributed by atoms with Crippen molar-refractivity contribution >= 4 is 5.57 Å². The van der Waals surface area contributed by atoms with E-state index in [2.05, 4.69) is 0 Å². The molecule has 0 radical (unpaired) electrons. The second-order valence-electron chi connectivity index (χ2n) is 7.16. The molecule has 1 unspecified atom stereocenters. The zero-order valence-corrected chi connectivity index (χ0v) is 17.5. The highest BCUT2D eigenvalue weighted by Gasteiger charge is 2.39. The predicted molar refractivity (Wildman–Crippen MR) is 118 cm³/mol. The maximum Gasteiger partial charge on any atom is 0.396 e. The molecule has 3 aromatic carbocycles. The molecule has 2 nitrogen and oxygen atoms in total. The number of hydrogen-bond acceptors (Lipinski definition) is 2. The molecule has 0 saturated carbocycles. The van der Waals surface area contributed by atoms with Crippen molar-refractivity contribution in [1.82, 2.24) is 0 Å². The van der Waals surface area contributed by atoms with Gasteiger partial charge in [-0.25, -0.2) is 0 Å². The molecule has 0 aliphatic heterocycles. The van der Waals surface area contributed by atoms with Crippen LogP contribution in [0, 0.1) is 0 Å². The molecule has 0 fully saturated rings. The van der Waals surface area contributed by atoms with Crippen LogP contribution in [0.1, 0.15) is 37.3 Å². The SMILES string of the molecule is CCOc1ccc(C(C/C=C(/C)c2cccc(Oc3ccccc3)c2)C(F)(F)F)cc1. The van der Waals surface area contributed by atoms with Gasteiger partial charge in [-0.15, -0.1) is 0 Å². The third kappa shape index (κ3) is 6.38. The van der Waals surface area contributed by atoms with Gasteiger partial charge in [0.25, 0.3) is 0 Å². The standard InChI is InChI=1S/C26H25F3O2/c1-3-30-22-15-13-20(14-16-22)25(26(27,28)29)17-12-19(2)21-8-7-11-24(18-21)31-23-9-5-4-6-10-23/h4-16,18,25H,3,17H2,1-2H3/b19-12-. The summed E-state index contributed by atoms with van der Waals surface area (Å²) in [6.07, 6.45) is -2.86. The van der Waals surface area contributed by atoms with E-state index in [0.717, 1.165) is 11.1 Å². The van der Waals surface area contributed by atoms with Crippen LogP contribution in [-0.2, 0) is 0 Å². The predicted octanol–water partition coefficient (Wildman–Crippen LogP) is 8.02. The summed E-state index contributed by atoms with van der Waals surface area (Å²) < 4.78 is 52.4. The Morgan fingerprint density at radius 3 is 2.19 bits per heavy atom. The lowest BCUT2D eigenvalue weighted by Gasteiger charge is -2.20. The van der Waals surface area contributed by atoms with E-state index in [1.54, 1.807) is 18.2 Å². The van der Waals surface area contributed by atoms with Gasteiger partial charge in [-0.1, -0.05) is 48.5 Å². The van der Waals surface area contributed by atoms with E-state index in [1.807, 2.05) is 68.4 Å². The van der Waals surface area contributed by atoms with Crippen molar-refractivity contribution in [1.29, 1.82) is 0 Å². The maximum atomic E-state index is 13.7. The molecule has 0 aliphatic carbocycles. The van der Waals surface area contributed by atoms with Gasteiger partial charge in [0.2, 0.25) is 0 Å². The van der Waals surface area contributed by atoms with Gasteiger partial charge < -0.3 is 9.47 Å². The molecule has 0 aliphatic rings. The van der Waals surface area contributed by atoms with Crippen LogP contribution in [0.5, 0.6) is 17.2 Å². The summed E-state index contributed by atoms with van der Waals surface area (Å²) >= 11 is 0. The topological polar surface area (TPSA) is 18.5 Å². The van der Waals surface area contributed by atoms with Crippen molar-refractivity contribution in [3.05, 3.63) is 96.1 Å². The molecule has 1 atom stereocenters. The van der Waals surface area contributed by atoms with Gasteiger partial charge in [-0.3, -0.25) is 0 Å². The number of alkyl halides is 3. The van der Waals surface area contributed by atoms with Gasteiger partial charge >= 0.3 is 6.18 Å². The fourth-order valence-electron chi connectivity index (χ4n) is 3.26. The van der Waals surface area contributed by atoms with E-state index in [1.165, 1.54) is 12.1 Å². The minimum atomic E-state index is -4.35. The van der Waals surface area contributed by atoms with E-state index in [-0.39, 0.29) is 12.0 Å². The van der Waals surface area contributed by atoms with Crippen LogP contribution < -0.4 is 9.47 Å².